The Morgan fingerprint density at radius 1 is 1.11 bits per heavy atom. The van der Waals surface area contributed by atoms with Crippen LogP contribution in [0.1, 0.15) is 23.2 Å². The molecule has 0 saturated carbocycles. The third-order valence-electron chi connectivity index (χ3n) is 6.92. The van der Waals surface area contributed by atoms with E-state index >= 15 is 0 Å². The van der Waals surface area contributed by atoms with Crippen LogP contribution in [-0.2, 0) is 20.1 Å². The number of piperidine rings is 1. The molecule has 1 aliphatic heterocycles. The summed E-state index contributed by atoms with van der Waals surface area (Å²) in [6, 6.07) is 15.6. The molecule has 4 heterocycles. The van der Waals surface area contributed by atoms with Crippen molar-refractivity contribution in [3.63, 3.8) is 0 Å². The number of fused-ring (bicyclic) bond motifs is 1. The van der Waals surface area contributed by atoms with Crippen LogP contribution in [0.25, 0.3) is 10.9 Å². The summed E-state index contributed by atoms with van der Waals surface area (Å²) in [5.74, 6) is 0. The van der Waals surface area contributed by atoms with Crippen molar-refractivity contribution in [2.45, 2.75) is 38.6 Å². The molecule has 1 fully saturated rings. The summed E-state index contributed by atoms with van der Waals surface area (Å²) in [5, 5.41) is 11.8. The minimum atomic E-state index is -0.491. The molecule has 0 spiro atoms. The summed E-state index contributed by atoms with van der Waals surface area (Å²) in [5.41, 5.74) is 4.79. The van der Waals surface area contributed by atoms with Gasteiger partial charge in [-0.05, 0) is 55.3 Å². The maximum atomic E-state index is 13.4. The first-order valence-electron chi connectivity index (χ1n) is 12.1. The van der Waals surface area contributed by atoms with Gasteiger partial charge in [0.25, 0.3) is 0 Å². The van der Waals surface area contributed by atoms with E-state index in [2.05, 4.69) is 31.9 Å². The highest BCUT2D eigenvalue weighted by Gasteiger charge is 2.33. The molecule has 0 bridgehead atoms. The van der Waals surface area contributed by atoms with Crippen molar-refractivity contribution in [2.24, 2.45) is 7.05 Å². The van der Waals surface area contributed by atoms with E-state index in [0.29, 0.717) is 31.4 Å². The number of aliphatic hydroxyl groups is 1. The summed E-state index contributed by atoms with van der Waals surface area (Å²) in [6.45, 7) is 4.46. The maximum absolute atomic E-state index is 13.4. The molecule has 0 unspecified atom stereocenters. The SMILES string of the molecule is Cc1cc(CN(Cc2cn(C)c3ccccc3c2=O)[C@@H]2CN(c3cccnc3)CC[C@H]2O)ccn1. The Balaban J connectivity index is 1.51. The van der Waals surface area contributed by atoms with Crippen molar-refractivity contribution < 1.29 is 5.11 Å². The summed E-state index contributed by atoms with van der Waals surface area (Å²) in [7, 11) is 1.97. The standard InChI is InChI=1S/C28H31N5O2/c1-20-14-21(9-12-30-20)16-33(18-22-17-31(2)25-8-4-3-7-24(25)28(22)35)26-19-32(13-10-27(26)34)23-6-5-11-29-15-23/h3-9,11-12,14-15,17,26-27,34H,10,13,16,18-19H2,1-2H3/t26-,27-/m1/s1. The molecule has 35 heavy (non-hydrogen) atoms. The van der Waals surface area contributed by atoms with Gasteiger partial charge in [0, 0.05) is 68.5 Å². The molecule has 0 aliphatic carbocycles. The molecular formula is C28H31N5O2. The van der Waals surface area contributed by atoms with Gasteiger partial charge >= 0.3 is 0 Å². The minimum Gasteiger partial charge on any atom is -0.391 e. The van der Waals surface area contributed by atoms with E-state index < -0.39 is 6.10 Å². The molecule has 2 atom stereocenters. The minimum absolute atomic E-state index is 0.0454. The van der Waals surface area contributed by atoms with Gasteiger partial charge in [0.15, 0.2) is 5.43 Å². The Kier molecular flexibility index (Phi) is 6.61. The van der Waals surface area contributed by atoms with Gasteiger partial charge < -0.3 is 14.6 Å². The van der Waals surface area contributed by atoms with Crippen LogP contribution in [-0.4, -0.2) is 49.8 Å². The van der Waals surface area contributed by atoms with E-state index in [9.17, 15) is 9.90 Å². The number of benzene rings is 1. The van der Waals surface area contributed by atoms with E-state index in [-0.39, 0.29) is 11.5 Å². The van der Waals surface area contributed by atoms with Crippen LogP contribution < -0.4 is 10.3 Å². The molecule has 1 N–H and O–H groups in total. The predicted molar refractivity (Wildman–Crippen MR) is 138 cm³/mol. The molecule has 1 aromatic carbocycles. The third-order valence-corrected chi connectivity index (χ3v) is 6.92. The molecule has 7 heteroatoms. The quantitative estimate of drug-likeness (QED) is 0.467. The summed E-state index contributed by atoms with van der Waals surface area (Å²) >= 11 is 0. The zero-order valence-electron chi connectivity index (χ0n) is 20.2. The van der Waals surface area contributed by atoms with Gasteiger partial charge in [0.2, 0.25) is 0 Å². The van der Waals surface area contributed by atoms with Crippen molar-refractivity contribution in [1.82, 2.24) is 19.4 Å². The largest absolute Gasteiger partial charge is 0.391 e. The normalized spacial score (nSPS) is 18.3. The van der Waals surface area contributed by atoms with E-state index in [1.165, 1.54) is 0 Å². The highest BCUT2D eigenvalue weighted by atomic mass is 16.3. The summed E-state index contributed by atoms with van der Waals surface area (Å²) in [6.07, 6.45) is 7.55. The fourth-order valence-corrected chi connectivity index (χ4v) is 5.12. The number of hydrogen-bond acceptors (Lipinski definition) is 6. The van der Waals surface area contributed by atoms with E-state index in [1.807, 2.05) is 73.5 Å². The van der Waals surface area contributed by atoms with Crippen LogP contribution in [0.5, 0.6) is 0 Å². The molecule has 4 aromatic rings. The smallest absolute Gasteiger partial charge is 0.193 e. The second-order valence-corrected chi connectivity index (χ2v) is 9.40. The van der Waals surface area contributed by atoms with E-state index in [4.69, 9.17) is 0 Å². The lowest BCUT2D eigenvalue weighted by Crippen LogP contribution is -2.55. The van der Waals surface area contributed by atoms with Crippen LogP contribution in [0, 0.1) is 6.92 Å². The number of pyridine rings is 3. The zero-order valence-corrected chi connectivity index (χ0v) is 20.2. The lowest BCUT2D eigenvalue weighted by Gasteiger charge is -2.43. The Labute approximate surface area is 205 Å². The number of aromatic nitrogens is 3. The fourth-order valence-electron chi connectivity index (χ4n) is 5.12. The van der Waals surface area contributed by atoms with Crippen LogP contribution in [0.4, 0.5) is 5.69 Å². The summed E-state index contributed by atoms with van der Waals surface area (Å²) in [4.78, 5) is 26.6. The average molecular weight is 470 g/mol. The molecule has 3 aromatic heterocycles. The number of rotatable bonds is 6. The molecule has 1 aliphatic rings. The lowest BCUT2D eigenvalue weighted by molar-refractivity contribution is 0.0267. The number of nitrogens with zero attached hydrogens (tertiary/aromatic N) is 5. The first kappa shape index (κ1) is 23.2. The third kappa shape index (κ3) is 4.97. The first-order chi connectivity index (χ1) is 17.0. The zero-order chi connectivity index (χ0) is 24.4. The Bertz CT molecular complexity index is 1370. The highest BCUT2D eigenvalue weighted by molar-refractivity contribution is 5.79. The lowest BCUT2D eigenvalue weighted by atomic mass is 9.98. The van der Waals surface area contributed by atoms with Gasteiger partial charge in [0.1, 0.15) is 0 Å². The predicted octanol–water partition coefficient (Wildman–Crippen LogP) is 3.28. The van der Waals surface area contributed by atoms with E-state index in [1.54, 1.807) is 6.20 Å². The van der Waals surface area contributed by atoms with E-state index in [0.717, 1.165) is 34.6 Å². The number of aryl methyl sites for hydroxylation is 2. The number of para-hydroxylation sites is 1. The van der Waals surface area contributed by atoms with Crippen LogP contribution in [0.2, 0.25) is 0 Å². The fraction of sp³-hybridized carbons (Fsp3) is 0.321. The number of hydrogen-bond donors (Lipinski definition) is 1. The molecule has 5 rings (SSSR count). The second-order valence-electron chi connectivity index (χ2n) is 9.40. The Morgan fingerprint density at radius 2 is 1.97 bits per heavy atom. The van der Waals surface area contributed by atoms with Crippen molar-refractivity contribution in [2.75, 3.05) is 18.0 Å². The average Bonchev–Trinajstić information content (AvgIpc) is 2.87. The van der Waals surface area contributed by atoms with Gasteiger partial charge in [-0.1, -0.05) is 12.1 Å². The first-order valence-corrected chi connectivity index (χ1v) is 12.1. The van der Waals surface area contributed by atoms with Crippen molar-refractivity contribution in [3.05, 3.63) is 100 Å². The highest BCUT2D eigenvalue weighted by Crippen LogP contribution is 2.25. The Hall–Kier alpha value is -3.55. The topological polar surface area (TPSA) is 74.5 Å². The molecule has 180 valence electrons. The second kappa shape index (κ2) is 9.98. The molecule has 7 nitrogen and oxygen atoms in total. The van der Waals surface area contributed by atoms with Gasteiger partial charge in [-0.3, -0.25) is 19.7 Å². The Morgan fingerprint density at radius 3 is 2.77 bits per heavy atom. The van der Waals surface area contributed by atoms with Crippen LogP contribution >= 0.6 is 0 Å². The van der Waals surface area contributed by atoms with Gasteiger partial charge in [-0.15, -0.1) is 0 Å². The summed E-state index contributed by atoms with van der Waals surface area (Å²) < 4.78 is 2.01. The van der Waals surface area contributed by atoms with Crippen LogP contribution in [0.15, 0.2) is 78.1 Å². The molecule has 0 amide bonds. The molecule has 1 saturated heterocycles. The van der Waals surface area contributed by atoms with Gasteiger partial charge in [-0.2, -0.15) is 0 Å². The van der Waals surface area contributed by atoms with Crippen molar-refractivity contribution in [3.8, 4) is 0 Å². The maximum Gasteiger partial charge on any atom is 0.193 e. The molecular weight excluding hydrogens is 438 g/mol. The number of aliphatic hydroxyl groups excluding tert-OH is 1. The monoisotopic (exact) mass is 469 g/mol. The number of anilines is 1. The van der Waals surface area contributed by atoms with Gasteiger partial charge in [0.05, 0.1) is 29.5 Å². The van der Waals surface area contributed by atoms with Crippen LogP contribution in [0.3, 0.4) is 0 Å². The molecule has 0 radical (unpaired) electrons. The van der Waals surface area contributed by atoms with Gasteiger partial charge in [-0.25, -0.2) is 0 Å². The van der Waals surface area contributed by atoms with Crippen molar-refractivity contribution >= 4 is 16.6 Å². The van der Waals surface area contributed by atoms with Crippen molar-refractivity contribution in [1.29, 1.82) is 0 Å².